The van der Waals surface area contributed by atoms with Crippen LogP contribution in [-0.2, 0) is 5.41 Å². The molecule has 1 amide bonds. The number of nitrogens with two attached hydrogens (primary N) is 1. The van der Waals surface area contributed by atoms with Gasteiger partial charge in [0.2, 0.25) is 0 Å². The van der Waals surface area contributed by atoms with Crippen molar-refractivity contribution in [2.24, 2.45) is 5.73 Å². The summed E-state index contributed by atoms with van der Waals surface area (Å²) in [5, 5.41) is 6.74. The normalized spacial score (nSPS) is 11.5. The molecule has 0 saturated heterocycles. The summed E-state index contributed by atoms with van der Waals surface area (Å²) >= 11 is 0. The lowest BCUT2D eigenvalue weighted by Crippen LogP contribution is -2.11. The Morgan fingerprint density at radius 1 is 1.28 bits per heavy atom. The number of carbonyl (C=O) groups excluding carboxylic acids is 1. The quantitative estimate of drug-likeness (QED) is 0.850. The minimum atomic E-state index is -0.499. The number of hydrogen-bond acceptors (Lipinski definition) is 2. The minimum absolute atomic E-state index is 0.0822. The topological polar surface area (TPSA) is 71.8 Å². The van der Waals surface area contributed by atoms with Crippen LogP contribution in [0.4, 0.5) is 0 Å². The number of aromatic amines is 1. The number of primary amides is 1. The van der Waals surface area contributed by atoms with Crippen molar-refractivity contribution in [1.82, 2.24) is 10.2 Å². The molecule has 0 unspecified atom stereocenters. The summed E-state index contributed by atoms with van der Waals surface area (Å²) in [5.41, 5.74) is 8.54. The SMILES string of the molecule is CC(C)(C)c1cccc(-c2cc(C(N)=O)[nH]n2)c1. The molecular formula is C14H17N3O. The summed E-state index contributed by atoms with van der Waals surface area (Å²) < 4.78 is 0. The van der Waals surface area contributed by atoms with Gasteiger partial charge >= 0.3 is 0 Å². The number of nitrogens with one attached hydrogen (secondary N) is 1. The van der Waals surface area contributed by atoms with E-state index in [1.165, 1.54) is 5.56 Å². The first-order valence-corrected chi connectivity index (χ1v) is 5.84. The monoisotopic (exact) mass is 243 g/mol. The summed E-state index contributed by atoms with van der Waals surface area (Å²) in [7, 11) is 0. The summed E-state index contributed by atoms with van der Waals surface area (Å²) in [6.07, 6.45) is 0. The van der Waals surface area contributed by atoms with Crippen molar-refractivity contribution in [1.29, 1.82) is 0 Å². The lowest BCUT2D eigenvalue weighted by molar-refractivity contribution is 0.0995. The first kappa shape index (κ1) is 12.4. The van der Waals surface area contributed by atoms with E-state index in [0.717, 1.165) is 11.3 Å². The van der Waals surface area contributed by atoms with Crippen LogP contribution in [0, 0.1) is 0 Å². The highest BCUT2D eigenvalue weighted by molar-refractivity contribution is 5.91. The van der Waals surface area contributed by atoms with Crippen molar-refractivity contribution < 1.29 is 4.79 Å². The smallest absolute Gasteiger partial charge is 0.266 e. The molecule has 2 rings (SSSR count). The van der Waals surface area contributed by atoms with Gasteiger partial charge in [-0.25, -0.2) is 0 Å². The van der Waals surface area contributed by atoms with Gasteiger partial charge in [0.15, 0.2) is 0 Å². The summed E-state index contributed by atoms with van der Waals surface area (Å²) in [6, 6.07) is 9.81. The number of benzene rings is 1. The maximum absolute atomic E-state index is 11.0. The second kappa shape index (κ2) is 4.29. The molecule has 0 atom stereocenters. The van der Waals surface area contributed by atoms with E-state index in [1.807, 2.05) is 12.1 Å². The molecule has 1 aromatic carbocycles. The van der Waals surface area contributed by atoms with Gasteiger partial charge in [-0.3, -0.25) is 9.89 Å². The van der Waals surface area contributed by atoms with Crippen molar-refractivity contribution in [2.45, 2.75) is 26.2 Å². The van der Waals surface area contributed by atoms with Crippen LogP contribution in [0.15, 0.2) is 30.3 Å². The zero-order chi connectivity index (χ0) is 13.3. The van der Waals surface area contributed by atoms with Crippen molar-refractivity contribution in [3.8, 4) is 11.3 Å². The van der Waals surface area contributed by atoms with Crippen LogP contribution in [-0.4, -0.2) is 16.1 Å². The van der Waals surface area contributed by atoms with Gasteiger partial charge in [-0.05, 0) is 23.1 Å². The first-order chi connectivity index (χ1) is 8.38. The van der Waals surface area contributed by atoms with Gasteiger partial charge in [0, 0.05) is 5.56 Å². The van der Waals surface area contributed by atoms with Gasteiger partial charge in [-0.1, -0.05) is 39.0 Å². The molecule has 0 spiro atoms. The van der Waals surface area contributed by atoms with Crippen molar-refractivity contribution in [3.05, 3.63) is 41.6 Å². The molecule has 3 N–H and O–H groups in total. The zero-order valence-corrected chi connectivity index (χ0v) is 10.8. The summed E-state index contributed by atoms with van der Waals surface area (Å²) in [6.45, 7) is 6.47. The van der Waals surface area contributed by atoms with Gasteiger partial charge in [0.1, 0.15) is 5.69 Å². The van der Waals surface area contributed by atoms with E-state index in [-0.39, 0.29) is 5.41 Å². The highest BCUT2D eigenvalue weighted by Gasteiger charge is 2.15. The molecular weight excluding hydrogens is 226 g/mol. The third-order valence-electron chi connectivity index (χ3n) is 2.87. The van der Waals surface area contributed by atoms with E-state index in [0.29, 0.717) is 5.69 Å². The zero-order valence-electron chi connectivity index (χ0n) is 10.8. The Morgan fingerprint density at radius 3 is 2.56 bits per heavy atom. The fourth-order valence-corrected chi connectivity index (χ4v) is 1.74. The third kappa shape index (κ3) is 2.42. The Labute approximate surface area is 106 Å². The highest BCUT2D eigenvalue weighted by atomic mass is 16.1. The lowest BCUT2D eigenvalue weighted by atomic mass is 9.86. The molecule has 0 bridgehead atoms. The molecule has 0 saturated carbocycles. The first-order valence-electron chi connectivity index (χ1n) is 5.84. The molecule has 2 aromatic rings. The second-order valence-corrected chi connectivity index (χ2v) is 5.36. The molecule has 18 heavy (non-hydrogen) atoms. The number of carbonyl (C=O) groups is 1. The van der Waals surface area contributed by atoms with Crippen LogP contribution < -0.4 is 5.73 Å². The third-order valence-corrected chi connectivity index (χ3v) is 2.87. The fourth-order valence-electron chi connectivity index (χ4n) is 1.74. The Bertz CT molecular complexity index is 579. The van der Waals surface area contributed by atoms with Gasteiger partial charge < -0.3 is 5.73 Å². The van der Waals surface area contributed by atoms with E-state index in [9.17, 15) is 4.79 Å². The number of aromatic nitrogens is 2. The fraction of sp³-hybridized carbons (Fsp3) is 0.286. The van der Waals surface area contributed by atoms with Crippen molar-refractivity contribution >= 4 is 5.91 Å². The number of rotatable bonds is 2. The average molecular weight is 243 g/mol. The predicted octanol–water partition coefficient (Wildman–Crippen LogP) is 2.47. The number of H-pyrrole nitrogens is 1. The van der Waals surface area contributed by atoms with Crippen LogP contribution in [0.2, 0.25) is 0 Å². The minimum Gasteiger partial charge on any atom is -0.364 e. The van der Waals surface area contributed by atoms with E-state index in [4.69, 9.17) is 5.73 Å². The average Bonchev–Trinajstić information content (AvgIpc) is 2.77. The van der Waals surface area contributed by atoms with Crippen molar-refractivity contribution in [2.75, 3.05) is 0 Å². The van der Waals surface area contributed by atoms with Crippen LogP contribution in [0.5, 0.6) is 0 Å². The molecule has 4 nitrogen and oxygen atoms in total. The van der Waals surface area contributed by atoms with E-state index in [2.05, 4.69) is 43.1 Å². The van der Waals surface area contributed by atoms with E-state index in [1.54, 1.807) is 6.07 Å². The largest absolute Gasteiger partial charge is 0.364 e. The molecule has 0 aliphatic heterocycles. The molecule has 1 aromatic heterocycles. The lowest BCUT2D eigenvalue weighted by Gasteiger charge is -2.19. The predicted molar refractivity (Wildman–Crippen MR) is 71.2 cm³/mol. The molecule has 0 fully saturated rings. The molecule has 94 valence electrons. The number of amides is 1. The van der Waals surface area contributed by atoms with E-state index >= 15 is 0 Å². The summed E-state index contributed by atoms with van der Waals surface area (Å²) in [4.78, 5) is 11.0. The van der Waals surface area contributed by atoms with Crippen LogP contribution in [0.1, 0.15) is 36.8 Å². The molecule has 4 heteroatoms. The van der Waals surface area contributed by atoms with Crippen LogP contribution in [0.25, 0.3) is 11.3 Å². The van der Waals surface area contributed by atoms with Gasteiger partial charge in [0.25, 0.3) is 5.91 Å². The Hall–Kier alpha value is -2.10. The Kier molecular flexibility index (Phi) is 2.95. The van der Waals surface area contributed by atoms with Crippen LogP contribution in [0.3, 0.4) is 0 Å². The maximum atomic E-state index is 11.0. The van der Waals surface area contributed by atoms with E-state index < -0.39 is 5.91 Å². The Balaban J connectivity index is 2.41. The highest BCUT2D eigenvalue weighted by Crippen LogP contribution is 2.26. The van der Waals surface area contributed by atoms with Crippen LogP contribution >= 0.6 is 0 Å². The number of nitrogens with zero attached hydrogens (tertiary/aromatic N) is 1. The molecule has 1 heterocycles. The second-order valence-electron chi connectivity index (χ2n) is 5.36. The van der Waals surface area contributed by atoms with Gasteiger partial charge in [0.05, 0.1) is 5.69 Å². The maximum Gasteiger partial charge on any atom is 0.266 e. The Morgan fingerprint density at radius 2 is 2.00 bits per heavy atom. The number of hydrogen-bond donors (Lipinski definition) is 2. The molecule has 0 radical (unpaired) electrons. The van der Waals surface area contributed by atoms with Crippen molar-refractivity contribution in [3.63, 3.8) is 0 Å². The van der Waals surface area contributed by atoms with Gasteiger partial charge in [-0.2, -0.15) is 5.10 Å². The molecule has 0 aliphatic carbocycles. The summed E-state index contributed by atoms with van der Waals surface area (Å²) in [5.74, 6) is -0.499. The standard InChI is InChI=1S/C14H17N3O/c1-14(2,3)10-6-4-5-9(7-10)11-8-12(13(15)18)17-16-11/h4-8H,1-3H3,(H2,15,18)(H,16,17). The van der Waals surface area contributed by atoms with Gasteiger partial charge in [-0.15, -0.1) is 0 Å². The molecule has 0 aliphatic rings.